The zero-order valence-corrected chi connectivity index (χ0v) is 9.43. The molecule has 0 aromatic carbocycles. The molecule has 0 unspecified atom stereocenters. The fourth-order valence-electron chi connectivity index (χ4n) is 1.02. The van der Waals surface area contributed by atoms with Crippen molar-refractivity contribution in [3.8, 4) is 0 Å². The number of carbonyl (C=O) groups excluding carboxylic acids is 2. The number of hydrogen-bond acceptors (Lipinski definition) is 6. The van der Waals surface area contributed by atoms with Crippen molar-refractivity contribution in [2.24, 2.45) is 0 Å². The Bertz CT molecular complexity index is 352. The molecule has 0 radical (unpaired) electrons. The molecule has 2 amide bonds. The number of amides is 2. The number of rotatable bonds is 6. The summed E-state index contributed by atoms with van der Waals surface area (Å²) in [5, 5.41) is 8.31. The van der Waals surface area contributed by atoms with Crippen LogP contribution in [0, 0.1) is 0 Å². The third-order valence-corrected chi connectivity index (χ3v) is 1.73. The van der Waals surface area contributed by atoms with Gasteiger partial charge in [-0.05, 0) is 6.92 Å². The van der Waals surface area contributed by atoms with Gasteiger partial charge in [0.1, 0.15) is 6.54 Å². The van der Waals surface area contributed by atoms with Crippen molar-refractivity contribution in [1.29, 1.82) is 0 Å². The van der Waals surface area contributed by atoms with Crippen LogP contribution >= 0.6 is 0 Å². The van der Waals surface area contributed by atoms with Crippen LogP contribution in [0.5, 0.6) is 0 Å². The van der Waals surface area contributed by atoms with E-state index in [9.17, 15) is 9.59 Å². The minimum Gasteiger partial charge on any atom is -0.465 e. The van der Waals surface area contributed by atoms with E-state index in [2.05, 4.69) is 25.5 Å². The number of esters is 1. The van der Waals surface area contributed by atoms with E-state index in [1.807, 2.05) is 0 Å². The van der Waals surface area contributed by atoms with Gasteiger partial charge in [-0.25, -0.2) is 4.79 Å². The zero-order valence-electron chi connectivity index (χ0n) is 9.43. The Morgan fingerprint density at radius 3 is 2.94 bits per heavy atom. The summed E-state index contributed by atoms with van der Waals surface area (Å²) < 4.78 is 9.38. The van der Waals surface area contributed by atoms with Crippen LogP contribution in [0.25, 0.3) is 0 Å². The number of urea groups is 1. The van der Waals surface area contributed by atoms with E-state index in [0.717, 1.165) is 0 Å². The molecule has 0 aliphatic heterocycles. The van der Waals surface area contributed by atoms with E-state index in [-0.39, 0.29) is 6.54 Å². The minimum absolute atomic E-state index is 0.153. The maximum atomic E-state index is 11.2. The van der Waals surface area contributed by atoms with Gasteiger partial charge in [0, 0.05) is 13.0 Å². The molecule has 0 bridgehead atoms. The Kier molecular flexibility index (Phi) is 5.49. The summed E-state index contributed by atoms with van der Waals surface area (Å²) in [5.74, 6) is -0.0322. The van der Waals surface area contributed by atoms with Crippen molar-refractivity contribution in [1.82, 2.24) is 20.8 Å². The highest BCUT2D eigenvalue weighted by Gasteiger charge is 2.05. The second-order valence-electron chi connectivity index (χ2n) is 3.00. The Balaban J connectivity index is 2.07. The molecule has 8 nitrogen and oxygen atoms in total. The van der Waals surface area contributed by atoms with Crippen molar-refractivity contribution < 1.29 is 18.8 Å². The van der Waals surface area contributed by atoms with E-state index < -0.39 is 12.0 Å². The SMILES string of the molecule is CCOC(=O)CNC(=O)NCCc1ncno1. The van der Waals surface area contributed by atoms with Gasteiger partial charge in [0.2, 0.25) is 5.89 Å². The summed E-state index contributed by atoms with van der Waals surface area (Å²) in [6.07, 6.45) is 1.73. The molecule has 0 atom stereocenters. The fraction of sp³-hybridized carbons (Fsp3) is 0.556. The van der Waals surface area contributed by atoms with Crippen LogP contribution in [-0.2, 0) is 16.0 Å². The minimum atomic E-state index is -0.473. The maximum Gasteiger partial charge on any atom is 0.325 e. The molecule has 0 spiro atoms. The largest absolute Gasteiger partial charge is 0.465 e. The number of hydrogen-bond donors (Lipinski definition) is 2. The Morgan fingerprint density at radius 2 is 2.29 bits per heavy atom. The lowest BCUT2D eigenvalue weighted by molar-refractivity contribution is -0.141. The fourth-order valence-corrected chi connectivity index (χ4v) is 1.02. The predicted octanol–water partition coefficient (Wildman–Crippen LogP) is -0.526. The van der Waals surface area contributed by atoms with Gasteiger partial charge in [-0.3, -0.25) is 4.79 Å². The molecule has 0 saturated carbocycles. The Hall–Kier alpha value is -2.12. The van der Waals surface area contributed by atoms with Crippen LogP contribution in [0.1, 0.15) is 12.8 Å². The number of carbonyl (C=O) groups is 2. The Labute approximate surface area is 97.7 Å². The highest BCUT2D eigenvalue weighted by atomic mass is 16.5. The summed E-state index contributed by atoms with van der Waals surface area (Å²) >= 11 is 0. The standard InChI is InChI=1S/C9H14N4O4/c1-2-16-8(14)5-11-9(15)10-4-3-7-12-6-13-17-7/h6H,2-5H2,1H3,(H2,10,11,15). The van der Waals surface area contributed by atoms with E-state index in [1.165, 1.54) is 6.33 Å². The summed E-state index contributed by atoms with van der Waals surface area (Å²) in [6.45, 7) is 2.18. The molecule has 1 rings (SSSR count). The molecular weight excluding hydrogens is 228 g/mol. The van der Waals surface area contributed by atoms with Gasteiger partial charge in [0.05, 0.1) is 6.61 Å². The lowest BCUT2D eigenvalue weighted by atomic mass is 10.4. The smallest absolute Gasteiger partial charge is 0.325 e. The van der Waals surface area contributed by atoms with E-state index in [1.54, 1.807) is 6.92 Å². The summed E-state index contributed by atoms with van der Waals surface area (Å²) in [7, 11) is 0. The molecule has 1 aromatic rings. The van der Waals surface area contributed by atoms with Gasteiger partial charge in [-0.1, -0.05) is 5.16 Å². The molecule has 0 saturated heterocycles. The average molecular weight is 242 g/mol. The third kappa shape index (κ3) is 5.50. The van der Waals surface area contributed by atoms with Crippen LogP contribution in [0.15, 0.2) is 10.9 Å². The summed E-state index contributed by atoms with van der Waals surface area (Å²) in [6, 6.07) is -0.447. The highest BCUT2D eigenvalue weighted by molar-refractivity contribution is 5.80. The van der Waals surface area contributed by atoms with E-state index in [0.29, 0.717) is 25.5 Å². The van der Waals surface area contributed by atoms with Gasteiger partial charge in [-0.15, -0.1) is 0 Å². The molecule has 0 aliphatic rings. The molecule has 94 valence electrons. The first kappa shape index (κ1) is 12.9. The molecule has 8 heteroatoms. The average Bonchev–Trinajstić information content (AvgIpc) is 2.80. The number of nitrogens with zero attached hydrogens (tertiary/aromatic N) is 2. The molecule has 1 aromatic heterocycles. The van der Waals surface area contributed by atoms with Crippen LogP contribution in [-0.4, -0.2) is 41.8 Å². The van der Waals surface area contributed by atoms with E-state index >= 15 is 0 Å². The normalized spacial score (nSPS) is 9.71. The Morgan fingerprint density at radius 1 is 1.47 bits per heavy atom. The molecule has 0 aliphatic carbocycles. The van der Waals surface area contributed by atoms with Crippen molar-refractivity contribution in [3.63, 3.8) is 0 Å². The molecular formula is C9H14N4O4. The first-order valence-corrected chi connectivity index (χ1v) is 5.15. The van der Waals surface area contributed by atoms with Crippen molar-refractivity contribution in [2.75, 3.05) is 19.7 Å². The predicted molar refractivity (Wildman–Crippen MR) is 56.0 cm³/mol. The highest BCUT2D eigenvalue weighted by Crippen LogP contribution is 1.90. The quantitative estimate of drug-likeness (QED) is 0.650. The number of nitrogens with one attached hydrogen (secondary N) is 2. The van der Waals surface area contributed by atoms with Crippen LogP contribution in [0.2, 0.25) is 0 Å². The molecule has 0 fully saturated rings. The molecule has 17 heavy (non-hydrogen) atoms. The number of ether oxygens (including phenoxy) is 1. The van der Waals surface area contributed by atoms with Gasteiger partial charge >= 0.3 is 12.0 Å². The van der Waals surface area contributed by atoms with Gasteiger partial charge < -0.3 is 19.9 Å². The van der Waals surface area contributed by atoms with Crippen LogP contribution < -0.4 is 10.6 Å². The summed E-state index contributed by atoms with van der Waals surface area (Å²) in [4.78, 5) is 25.9. The van der Waals surface area contributed by atoms with Gasteiger partial charge in [0.25, 0.3) is 0 Å². The van der Waals surface area contributed by atoms with Crippen molar-refractivity contribution in [3.05, 3.63) is 12.2 Å². The van der Waals surface area contributed by atoms with Crippen molar-refractivity contribution in [2.45, 2.75) is 13.3 Å². The molecule has 2 N–H and O–H groups in total. The summed E-state index contributed by atoms with van der Waals surface area (Å²) in [5.41, 5.74) is 0. The van der Waals surface area contributed by atoms with Gasteiger partial charge in [-0.2, -0.15) is 4.98 Å². The molecule has 1 heterocycles. The second kappa shape index (κ2) is 7.20. The zero-order chi connectivity index (χ0) is 12.5. The second-order valence-corrected chi connectivity index (χ2v) is 3.00. The van der Waals surface area contributed by atoms with E-state index in [4.69, 9.17) is 4.52 Å². The lowest BCUT2D eigenvalue weighted by Crippen LogP contribution is -2.39. The van der Waals surface area contributed by atoms with Crippen LogP contribution in [0.3, 0.4) is 0 Å². The first-order chi connectivity index (χ1) is 8.22. The van der Waals surface area contributed by atoms with Gasteiger partial charge in [0.15, 0.2) is 6.33 Å². The van der Waals surface area contributed by atoms with Crippen molar-refractivity contribution >= 4 is 12.0 Å². The monoisotopic (exact) mass is 242 g/mol. The maximum absolute atomic E-state index is 11.2. The topological polar surface area (TPSA) is 106 Å². The number of aromatic nitrogens is 2. The first-order valence-electron chi connectivity index (χ1n) is 5.15. The third-order valence-electron chi connectivity index (χ3n) is 1.73. The lowest BCUT2D eigenvalue weighted by Gasteiger charge is -2.05. The van der Waals surface area contributed by atoms with Crippen LogP contribution in [0.4, 0.5) is 4.79 Å².